The van der Waals surface area contributed by atoms with Gasteiger partial charge in [-0.15, -0.1) is 13.2 Å². The highest BCUT2D eigenvalue weighted by molar-refractivity contribution is 9.09. The Morgan fingerprint density at radius 1 is 1.14 bits per heavy atom. The summed E-state index contributed by atoms with van der Waals surface area (Å²) in [5.74, 6) is -2.90. The molecule has 0 radical (unpaired) electrons. The second kappa shape index (κ2) is 16.1. The van der Waals surface area contributed by atoms with Gasteiger partial charge in [-0.3, -0.25) is 19.2 Å². The minimum atomic E-state index is -1.30. The number of halogens is 1. The normalized spacial score (nSPS) is 25.7. The van der Waals surface area contributed by atoms with E-state index in [2.05, 4.69) is 34.4 Å². The van der Waals surface area contributed by atoms with Crippen LogP contribution in [-0.2, 0) is 28.7 Å². The molecule has 3 aliphatic rings. The molecule has 7 atom stereocenters. The number of unbranched alkanes of at least 4 members (excludes halogenated alkanes) is 1. The number of allylic oxidation sites excluding steroid dienone is 1. The molecule has 49 heavy (non-hydrogen) atoms. The van der Waals surface area contributed by atoms with Crippen molar-refractivity contribution in [1.82, 2.24) is 10.2 Å². The number of nitrogens with zero attached hydrogens (tertiary/aromatic N) is 2. The summed E-state index contributed by atoms with van der Waals surface area (Å²) in [4.78, 5) is 58.7. The molecule has 3 heterocycles. The van der Waals surface area contributed by atoms with Gasteiger partial charge in [0.15, 0.2) is 0 Å². The first-order valence-corrected chi connectivity index (χ1v) is 17.5. The largest absolute Gasteiger partial charge is 0.497 e. The molecule has 0 saturated carbocycles. The van der Waals surface area contributed by atoms with Crippen LogP contribution < -0.4 is 15.0 Å². The summed E-state index contributed by atoms with van der Waals surface area (Å²) in [7, 11) is 1.56. The highest BCUT2D eigenvalue weighted by Gasteiger charge is 2.77. The van der Waals surface area contributed by atoms with Crippen molar-refractivity contribution in [3.8, 4) is 5.75 Å². The Morgan fingerprint density at radius 3 is 2.53 bits per heavy atom. The summed E-state index contributed by atoms with van der Waals surface area (Å²) in [5.41, 5.74) is -0.0266. The second-order valence-corrected chi connectivity index (χ2v) is 13.7. The molecule has 3 saturated heterocycles. The highest BCUT2D eigenvalue weighted by Crippen LogP contribution is 2.60. The van der Waals surface area contributed by atoms with Gasteiger partial charge in [-0.2, -0.15) is 0 Å². The zero-order valence-electron chi connectivity index (χ0n) is 27.7. The maximum absolute atomic E-state index is 14.7. The molecule has 2 bridgehead atoms. The number of amides is 3. The number of hydrogen-bond acceptors (Lipinski definition) is 8. The predicted molar refractivity (Wildman–Crippen MR) is 187 cm³/mol. The highest BCUT2D eigenvalue weighted by atomic mass is 79.9. The van der Waals surface area contributed by atoms with Crippen LogP contribution in [-0.4, -0.2) is 89.6 Å². The van der Waals surface area contributed by atoms with E-state index in [0.29, 0.717) is 42.7 Å². The van der Waals surface area contributed by atoms with Crippen LogP contribution in [0.5, 0.6) is 5.75 Å². The second-order valence-electron chi connectivity index (χ2n) is 12.5. The van der Waals surface area contributed by atoms with Gasteiger partial charge in [0.2, 0.25) is 11.8 Å². The maximum Gasteiger partial charge on any atom is 0.313 e. The van der Waals surface area contributed by atoms with Gasteiger partial charge in [0.1, 0.15) is 23.5 Å². The Hall–Kier alpha value is -4.00. The van der Waals surface area contributed by atoms with Crippen LogP contribution in [0.4, 0.5) is 5.69 Å². The number of carbonyl (C=O) groups excluding carboxylic acids is 4. The summed E-state index contributed by atoms with van der Waals surface area (Å²) < 4.78 is 18.1. The van der Waals surface area contributed by atoms with Gasteiger partial charge in [0.05, 0.1) is 31.6 Å². The van der Waals surface area contributed by atoms with Crippen molar-refractivity contribution >= 4 is 45.3 Å². The summed E-state index contributed by atoms with van der Waals surface area (Å²) in [6.07, 6.45) is 3.72. The number of anilines is 1. The number of ether oxygens (including phenoxy) is 3. The molecular weight excluding hydrogens is 694 g/mol. The summed E-state index contributed by atoms with van der Waals surface area (Å²) in [6.45, 7) is 7.86. The average molecular weight is 739 g/mol. The van der Waals surface area contributed by atoms with E-state index in [1.54, 1.807) is 48.4 Å². The third kappa shape index (κ3) is 7.32. The van der Waals surface area contributed by atoms with Crippen LogP contribution in [0.25, 0.3) is 0 Å². The lowest BCUT2D eigenvalue weighted by atomic mass is 9.70. The molecule has 3 fully saturated rings. The van der Waals surface area contributed by atoms with Gasteiger partial charge in [-0.05, 0) is 55.5 Å². The van der Waals surface area contributed by atoms with Gasteiger partial charge in [-0.1, -0.05) is 58.4 Å². The lowest BCUT2D eigenvalue weighted by Gasteiger charge is -2.37. The molecule has 2 N–H and O–H groups in total. The van der Waals surface area contributed by atoms with Crippen molar-refractivity contribution in [3.05, 3.63) is 85.5 Å². The van der Waals surface area contributed by atoms with E-state index in [1.807, 2.05) is 30.3 Å². The number of likely N-dealkylation sites (tertiary alicyclic amines) is 1. The van der Waals surface area contributed by atoms with Gasteiger partial charge in [0, 0.05) is 36.6 Å². The fourth-order valence-electron chi connectivity index (χ4n) is 7.32. The predicted octanol–water partition coefficient (Wildman–Crippen LogP) is 4.10. The molecule has 3 aliphatic heterocycles. The Labute approximate surface area is 295 Å². The van der Waals surface area contributed by atoms with Gasteiger partial charge < -0.3 is 34.4 Å². The number of alkyl halides is 1. The zero-order valence-corrected chi connectivity index (χ0v) is 29.3. The van der Waals surface area contributed by atoms with E-state index in [-0.39, 0.29) is 55.2 Å². The van der Waals surface area contributed by atoms with Crippen LogP contribution in [0.2, 0.25) is 0 Å². The fourth-order valence-corrected chi connectivity index (χ4v) is 8.26. The number of hydrogen-bond donors (Lipinski definition) is 2. The van der Waals surface area contributed by atoms with Crippen molar-refractivity contribution in [2.24, 2.45) is 11.8 Å². The number of esters is 1. The zero-order chi connectivity index (χ0) is 35.1. The maximum atomic E-state index is 14.7. The smallest absolute Gasteiger partial charge is 0.313 e. The minimum Gasteiger partial charge on any atom is -0.497 e. The topological polar surface area (TPSA) is 135 Å². The molecule has 12 heteroatoms. The Morgan fingerprint density at radius 2 is 1.88 bits per heavy atom. The Bertz CT molecular complexity index is 1520. The number of fused-ring (bicyclic) bond motifs is 1. The van der Waals surface area contributed by atoms with Crippen molar-refractivity contribution in [2.45, 2.75) is 60.8 Å². The Balaban J connectivity index is 1.47. The lowest BCUT2D eigenvalue weighted by molar-refractivity contribution is -0.160. The number of benzene rings is 2. The molecule has 0 aliphatic carbocycles. The van der Waals surface area contributed by atoms with Gasteiger partial charge in [0.25, 0.3) is 5.91 Å². The van der Waals surface area contributed by atoms with E-state index < -0.39 is 41.7 Å². The number of carbonyl (C=O) groups is 4. The van der Waals surface area contributed by atoms with Crippen LogP contribution in [0, 0.1) is 11.8 Å². The molecule has 3 amide bonds. The van der Waals surface area contributed by atoms with Crippen molar-refractivity contribution in [1.29, 1.82) is 0 Å². The van der Waals surface area contributed by atoms with Crippen molar-refractivity contribution in [2.75, 3.05) is 38.3 Å². The van der Waals surface area contributed by atoms with Crippen molar-refractivity contribution in [3.63, 3.8) is 0 Å². The molecule has 2 aromatic rings. The third-order valence-electron chi connectivity index (χ3n) is 9.55. The van der Waals surface area contributed by atoms with Crippen LogP contribution in [0.1, 0.15) is 43.8 Å². The number of methoxy groups -OCH3 is 1. The summed E-state index contributed by atoms with van der Waals surface area (Å²) in [5, 5.41) is 12.4. The molecule has 11 nitrogen and oxygen atoms in total. The molecule has 2 aromatic carbocycles. The average Bonchev–Trinajstić information content (AvgIpc) is 3.71. The molecule has 5 rings (SSSR count). The van der Waals surface area contributed by atoms with Gasteiger partial charge >= 0.3 is 5.97 Å². The van der Waals surface area contributed by atoms with E-state index in [0.717, 1.165) is 0 Å². The first-order chi connectivity index (χ1) is 23.7. The van der Waals surface area contributed by atoms with Crippen LogP contribution in [0.15, 0.2) is 79.9 Å². The molecule has 1 unspecified atom stereocenters. The summed E-state index contributed by atoms with van der Waals surface area (Å²) in [6, 6.07) is 15.1. The molecule has 0 aromatic heterocycles. The Kier molecular flexibility index (Phi) is 12.0. The van der Waals surface area contributed by atoms with E-state index in [9.17, 15) is 24.3 Å². The number of rotatable bonds is 17. The summed E-state index contributed by atoms with van der Waals surface area (Å²) >= 11 is 3.71. The SMILES string of the molecule is C=CCCC(=O)NC[C@H](OC(=O)[C@H]1[C@@H]2O[C@@]3(CC2Br)[C@@H]1C(=O)N(CCCCO)[C@@H]3C(=O)N(CC=C)c1ccc(OC)cc1)c1ccccc1. The van der Waals surface area contributed by atoms with Crippen LogP contribution >= 0.6 is 15.9 Å². The molecule has 1 spiro atoms. The molecular formula is C37H44BrN3O8. The van der Waals surface area contributed by atoms with Crippen molar-refractivity contribution < 1.29 is 38.5 Å². The monoisotopic (exact) mass is 737 g/mol. The van der Waals surface area contributed by atoms with Gasteiger partial charge in [-0.25, -0.2) is 0 Å². The number of aliphatic hydroxyl groups excluding tert-OH is 1. The lowest BCUT2D eigenvalue weighted by Crippen LogP contribution is -2.57. The molecule has 262 valence electrons. The third-order valence-corrected chi connectivity index (χ3v) is 10.4. The van der Waals surface area contributed by atoms with E-state index in [4.69, 9.17) is 14.2 Å². The first-order valence-electron chi connectivity index (χ1n) is 16.6. The van der Waals surface area contributed by atoms with E-state index in [1.165, 1.54) is 4.90 Å². The number of aliphatic hydroxyl groups is 1. The number of nitrogens with one attached hydrogen (secondary N) is 1. The quantitative estimate of drug-likeness (QED) is 0.107. The first kappa shape index (κ1) is 36.3. The standard InChI is InChI=1S/C37H44BrN3O8/c1-4-6-14-29(43)39-23-28(24-12-8-7-9-13-24)48-36(46)30-31-34(44)41(20-10-11-21-42)33(37(31)22-27(38)32(30)49-37)35(45)40(19-5-2)25-15-17-26(47-3)18-16-25/h4-5,7-9,12-13,15-18,27-28,30-33,42H,1-2,6,10-11,14,19-23H2,3H3,(H,39,43)/t27?,28-,30+,31-,32+,33+,37-/m0/s1. The van der Waals surface area contributed by atoms with E-state index >= 15 is 0 Å². The minimum absolute atomic E-state index is 0.0399. The fraction of sp³-hybridized carbons (Fsp3) is 0.459. The van der Waals surface area contributed by atoms with Crippen LogP contribution in [0.3, 0.4) is 0 Å².